The van der Waals surface area contributed by atoms with Gasteiger partial charge in [-0.1, -0.05) is 6.92 Å². The fourth-order valence-corrected chi connectivity index (χ4v) is 6.08. The van der Waals surface area contributed by atoms with E-state index in [9.17, 15) is 0 Å². The van der Waals surface area contributed by atoms with Crippen LogP contribution in [0, 0.1) is 5.92 Å². The summed E-state index contributed by atoms with van der Waals surface area (Å²) in [6, 6.07) is 0. The van der Waals surface area contributed by atoms with Crippen LogP contribution in [0.4, 0.5) is 0 Å². The molecule has 2 aliphatic rings. The number of hydrogen-bond acceptors (Lipinski definition) is 5. The van der Waals surface area contributed by atoms with Crippen molar-refractivity contribution in [2.45, 2.75) is 43.1 Å². The number of aryl methyl sites for hydroxylation is 1. The first-order valence-electron chi connectivity index (χ1n) is 7.59. The van der Waals surface area contributed by atoms with Gasteiger partial charge >= 0.3 is 0 Å². The minimum Gasteiger partial charge on any atom is -0.330 e. The highest BCUT2D eigenvalue weighted by Crippen LogP contribution is 2.43. The molecule has 0 aromatic carbocycles. The van der Waals surface area contributed by atoms with Crippen LogP contribution in [0.5, 0.6) is 0 Å². The van der Waals surface area contributed by atoms with Crippen LogP contribution in [0.1, 0.15) is 42.1 Å². The number of nitrogens with zero attached hydrogens (tertiary/aromatic N) is 2. The second kappa shape index (κ2) is 6.67. The molecule has 1 aliphatic heterocycles. The lowest BCUT2D eigenvalue weighted by atomic mass is 9.87. The largest absolute Gasteiger partial charge is 0.330 e. The minimum absolute atomic E-state index is 0.483. The van der Waals surface area contributed by atoms with Gasteiger partial charge in [0.15, 0.2) is 0 Å². The molecule has 1 aromatic heterocycles. The molecule has 0 radical (unpaired) electrons. The third kappa shape index (κ3) is 3.00. The van der Waals surface area contributed by atoms with Gasteiger partial charge in [0.1, 0.15) is 5.82 Å². The van der Waals surface area contributed by atoms with E-state index in [-0.39, 0.29) is 0 Å². The van der Waals surface area contributed by atoms with Crippen LogP contribution >= 0.6 is 23.5 Å². The first-order valence-corrected chi connectivity index (χ1v) is 9.69. The van der Waals surface area contributed by atoms with E-state index in [0.29, 0.717) is 16.4 Å². The van der Waals surface area contributed by atoms with Crippen molar-refractivity contribution in [1.82, 2.24) is 9.97 Å². The summed E-state index contributed by atoms with van der Waals surface area (Å²) in [5.41, 5.74) is 8.41. The van der Waals surface area contributed by atoms with Crippen molar-refractivity contribution in [3.8, 4) is 0 Å². The van der Waals surface area contributed by atoms with Crippen LogP contribution in [0.15, 0.2) is 6.20 Å². The van der Waals surface area contributed by atoms with Crippen molar-refractivity contribution in [2.75, 3.05) is 18.1 Å². The topological polar surface area (TPSA) is 51.8 Å². The Bertz CT molecular complexity index is 466. The Labute approximate surface area is 129 Å². The zero-order valence-corrected chi connectivity index (χ0v) is 13.7. The molecule has 20 heavy (non-hydrogen) atoms. The van der Waals surface area contributed by atoms with Gasteiger partial charge in [-0.15, -0.1) is 11.8 Å². The second-order valence-corrected chi connectivity index (χ2v) is 8.25. The summed E-state index contributed by atoms with van der Waals surface area (Å²) < 4.78 is 0. The van der Waals surface area contributed by atoms with Crippen LogP contribution in [0.3, 0.4) is 0 Å². The number of aromatic nitrogens is 2. The lowest BCUT2D eigenvalue weighted by Crippen LogP contribution is -2.25. The molecule has 5 heteroatoms. The first-order chi connectivity index (χ1) is 9.81. The molecule has 1 aliphatic carbocycles. The van der Waals surface area contributed by atoms with E-state index in [1.807, 2.05) is 11.8 Å². The summed E-state index contributed by atoms with van der Waals surface area (Å²) in [4.78, 5) is 9.61. The summed E-state index contributed by atoms with van der Waals surface area (Å²) >= 11 is 4.13. The first kappa shape index (κ1) is 14.7. The van der Waals surface area contributed by atoms with Crippen molar-refractivity contribution >= 4 is 23.5 Å². The Morgan fingerprint density at radius 1 is 1.35 bits per heavy atom. The molecule has 3 nitrogen and oxygen atoms in total. The molecule has 3 unspecified atom stereocenters. The third-order valence-electron chi connectivity index (χ3n) is 4.31. The van der Waals surface area contributed by atoms with Crippen LogP contribution < -0.4 is 5.73 Å². The van der Waals surface area contributed by atoms with E-state index in [0.717, 1.165) is 25.2 Å². The summed E-state index contributed by atoms with van der Waals surface area (Å²) in [5, 5.41) is 1.16. The zero-order chi connectivity index (χ0) is 13.9. The van der Waals surface area contributed by atoms with Gasteiger partial charge in [-0.2, -0.15) is 11.8 Å². The third-order valence-corrected chi connectivity index (χ3v) is 7.55. The van der Waals surface area contributed by atoms with E-state index in [1.54, 1.807) is 0 Å². The Balaban J connectivity index is 1.81. The average molecular weight is 310 g/mol. The zero-order valence-electron chi connectivity index (χ0n) is 12.0. The van der Waals surface area contributed by atoms with Crippen molar-refractivity contribution in [3.63, 3.8) is 0 Å². The average Bonchev–Trinajstić information content (AvgIpc) is 2.53. The highest BCUT2D eigenvalue weighted by Gasteiger charge is 2.29. The molecule has 0 saturated carbocycles. The van der Waals surface area contributed by atoms with Crippen LogP contribution in [-0.2, 0) is 12.8 Å². The maximum Gasteiger partial charge on any atom is 0.142 e. The van der Waals surface area contributed by atoms with Gasteiger partial charge in [-0.3, -0.25) is 0 Å². The lowest BCUT2D eigenvalue weighted by molar-refractivity contribution is 0.459. The van der Waals surface area contributed by atoms with Crippen molar-refractivity contribution in [3.05, 3.63) is 23.3 Å². The molecule has 0 bridgehead atoms. The van der Waals surface area contributed by atoms with Gasteiger partial charge in [0.2, 0.25) is 0 Å². The second-order valence-electron chi connectivity index (χ2n) is 5.65. The number of fused-ring (bicyclic) bond motifs is 1. The molecule has 1 aromatic rings. The van der Waals surface area contributed by atoms with E-state index in [1.165, 1.54) is 35.6 Å². The minimum atomic E-state index is 0.483. The molecule has 0 spiro atoms. The Morgan fingerprint density at radius 3 is 3.00 bits per heavy atom. The molecule has 2 heterocycles. The molecule has 2 N–H and O–H groups in total. The maximum absolute atomic E-state index is 5.80. The molecule has 1 saturated heterocycles. The standard InChI is InChI=1S/C15H23N3S2/c1-2-13-14(20-6-5-19-13)15-17-9-11-7-10(8-16)3-4-12(11)18-15/h9-10,13-14H,2-8,16H2,1H3. The summed E-state index contributed by atoms with van der Waals surface area (Å²) in [6.45, 7) is 3.06. The van der Waals surface area contributed by atoms with Crippen LogP contribution in [-0.4, -0.2) is 33.3 Å². The molecule has 1 fully saturated rings. The van der Waals surface area contributed by atoms with Gasteiger partial charge in [0.25, 0.3) is 0 Å². The number of thioether (sulfide) groups is 2. The maximum atomic E-state index is 5.80. The monoisotopic (exact) mass is 309 g/mol. The van der Waals surface area contributed by atoms with Crippen molar-refractivity contribution in [2.24, 2.45) is 11.7 Å². The normalized spacial score (nSPS) is 30.0. The van der Waals surface area contributed by atoms with Gasteiger partial charge < -0.3 is 5.73 Å². The number of nitrogens with two attached hydrogens (primary N) is 1. The Kier molecular flexibility index (Phi) is 4.89. The molecular weight excluding hydrogens is 286 g/mol. The van der Waals surface area contributed by atoms with Crippen molar-refractivity contribution in [1.29, 1.82) is 0 Å². The summed E-state index contributed by atoms with van der Waals surface area (Å²) in [7, 11) is 0. The summed E-state index contributed by atoms with van der Waals surface area (Å²) in [6.07, 6.45) is 6.61. The fraction of sp³-hybridized carbons (Fsp3) is 0.733. The Hall–Kier alpha value is -0.260. The molecule has 3 atom stereocenters. The van der Waals surface area contributed by atoms with Gasteiger partial charge in [0, 0.05) is 28.6 Å². The van der Waals surface area contributed by atoms with E-state index in [4.69, 9.17) is 15.7 Å². The Morgan fingerprint density at radius 2 is 2.20 bits per heavy atom. The van der Waals surface area contributed by atoms with Crippen LogP contribution in [0.25, 0.3) is 0 Å². The smallest absolute Gasteiger partial charge is 0.142 e. The van der Waals surface area contributed by atoms with Gasteiger partial charge in [0.05, 0.1) is 5.25 Å². The number of hydrogen-bond donors (Lipinski definition) is 1. The quantitative estimate of drug-likeness (QED) is 0.930. The molecular formula is C15H23N3S2. The molecule has 0 amide bonds. The van der Waals surface area contributed by atoms with Gasteiger partial charge in [-0.05, 0) is 43.7 Å². The predicted molar refractivity (Wildman–Crippen MR) is 88.3 cm³/mol. The van der Waals surface area contributed by atoms with E-state index < -0.39 is 0 Å². The SMILES string of the molecule is CCC1SCCSC1c1ncc2c(n1)CCC(CN)C2. The predicted octanol–water partition coefficient (Wildman–Crippen LogP) is 2.84. The molecule has 110 valence electrons. The van der Waals surface area contributed by atoms with E-state index in [2.05, 4.69) is 24.9 Å². The fourth-order valence-electron chi connectivity index (χ4n) is 3.08. The van der Waals surface area contributed by atoms with Crippen molar-refractivity contribution < 1.29 is 0 Å². The van der Waals surface area contributed by atoms with Crippen LogP contribution in [0.2, 0.25) is 0 Å². The van der Waals surface area contributed by atoms with Gasteiger partial charge in [-0.25, -0.2) is 9.97 Å². The highest BCUT2D eigenvalue weighted by molar-refractivity contribution is 8.06. The molecule has 3 rings (SSSR count). The van der Waals surface area contributed by atoms with E-state index >= 15 is 0 Å². The lowest BCUT2D eigenvalue weighted by Gasteiger charge is -2.30. The highest BCUT2D eigenvalue weighted by atomic mass is 32.2. The summed E-state index contributed by atoms with van der Waals surface area (Å²) in [5.74, 6) is 4.18. The number of rotatable bonds is 3.